The molecule has 0 spiro atoms. The lowest BCUT2D eigenvalue weighted by atomic mass is 9.99. The van der Waals surface area contributed by atoms with Gasteiger partial charge in [-0.25, -0.2) is 4.98 Å². The van der Waals surface area contributed by atoms with Crippen LogP contribution in [0.1, 0.15) is 43.6 Å². The molecule has 2 rings (SSSR count). The van der Waals surface area contributed by atoms with Gasteiger partial charge in [-0.05, 0) is 24.0 Å². The van der Waals surface area contributed by atoms with Crippen molar-refractivity contribution < 1.29 is 8.42 Å². The summed E-state index contributed by atoms with van der Waals surface area (Å²) in [7, 11) is -3.65. The van der Waals surface area contributed by atoms with Gasteiger partial charge in [0.2, 0.25) is 0 Å². The van der Waals surface area contributed by atoms with Gasteiger partial charge in [-0.1, -0.05) is 39.0 Å². The lowest BCUT2D eigenvalue weighted by Gasteiger charge is -2.16. The molecule has 1 aromatic heterocycles. The van der Waals surface area contributed by atoms with Crippen LogP contribution >= 0.6 is 0 Å². The van der Waals surface area contributed by atoms with Crippen molar-refractivity contribution >= 4 is 15.7 Å². The van der Waals surface area contributed by atoms with Crippen LogP contribution in [0.25, 0.3) is 0 Å². The molecule has 114 valence electrons. The fourth-order valence-electron chi connectivity index (χ4n) is 2.16. The highest BCUT2D eigenvalue weighted by atomic mass is 32.2. The van der Waals surface area contributed by atoms with Crippen LogP contribution in [0.15, 0.2) is 29.4 Å². The molecule has 6 heteroatoms. The van der Waals surface area contributed by atoms with Gasteiger partial charge in [0.15, 0.2) is 5.03 Å². The molecular weight excluding hydrogens is 286 g/mol. The van der Waals surface area contributed by atoms with E-state index in [4.69, 9.17) is 0 Å². The standard InChI is InChI=1S/C15H21N3O2S/c1-5-13-16-9-14(17-13)21(19,20)18-15-11(4)7-6-8-12(15)10(2)3/h6-10,18H,5H2,1-4H3,(H,16,17). The summed E-state index contributed by atoms with van der Waals surface area (Å²) in [5, 5.41) is 0.0947. The lowest BCUT2D eigenvalue weighted by molar-refractivity contribution is 0.598. The van der Waals surface area contributed by atoms with Gasteiger partial charge >= 0.3 is 0 Å². The fraction of sp³-hybridized carbons (Fsp3) is 0.400. The maximum atomic E-state index is 12.5. The van der Waals surface area contributed by atoms with Crippen LogP contribution in [0.5, 0.6) is 0 Å². The second kappa shape index (κ2) is 5.89. The van der Waals surface area contributed by atoms with E-state index in [1.165, 1.54) is 6.20 Å². The molecule has 5 nitrogen and oxygen atoms in total. The van der Waals surface area contributed by atoms with E-state index in [0.29, 0.717) is 17.9 Å². The van der Waals surface area contributed by atoms with Gasteiger partial charge in [0.25, 0.3) is 10.0 Å². The molecular formula is C15H21N3O2S. The minimum atomic E-state index is -3.65. The van der Waals surface area contributed by atoms with Gasteiger partial charge in [0.05, 0.1) is 11.9 Å². The molecule has 0 bridgehead atoms. The number of nitrogens with one attached hydrogen (secondary N) is 2. The molecule has 0 aliphatic rings. The Balaban J connectivity index is 2.41. The Morgan fingerprint density at radius 1 is 1.33 bits per heavy atom. The summed E-state index contributed by atoms with van der Waals surface area (Å²) in [6.07, 6.45) is 2.02. The van der Waals surface area contributed by atoms with Crippen molar-refractivity contribution in [3.63, 3.8) is 0 Å². The van der Waals surface area contributed by atoms with Crippen LogP contribution in [-0.4, -0.2) is 18.4 Å². The molecule has 0 aliphatic carbocycles. The highest BCUT2D eigenvalue weighted by Crippen LogP contribution is 2.29. The number of imidazole rings is 1. The van der Waals surface area contributed by atoms with Crippen LogP contribution in [0.2, 0.25) is 0 Å². The average Bonchev–Trinajstić information content (AvgIpc) is 2.90. The molecule has 0 atom stereocenters. The number of aryl methyl sites for hydroxylation is 2. The van der Waals surface area contributed by atoms with Crippen LogP contribution in [0.3, 0.4) is 0 Å². The Labute approximate surface area is 125 Å². The molecule has 2 N–H and O–H groups in total. The Hall–Kier alpha value is -1.82. The number of hydrogen-bond acceptors (Lipinski definition) is 3. The number of sulfonamides is 1. The van der Waals surface area contributed by atoms with Crippen LogP contribution in [-0.2, 0) is 16.4 Å². The minimum Gasteiger partial charge on any atom is -0.332 e. The van der Waals surface area contributed by atoms with Gasteiger partial charge in [-0.15, -0.1) is 0 Å². The second-order valence-corrected chi connectivity index (χ2v) is 7.00. The first kappa shape index (κ1) is 15.6. The summed E-state index contributed by atoms with van der Waals surface area (Å²) in [5.41, 5.74) is 2.54. The molecule has 1 heterocycles. The van der Waals surface area contributed by atoms with Gasteiger partial charge < -0.3 is 4.98 Å². The molecule has 21 heavy (non-hydrogen) atoms. The quantitative estimate of drug-likeness (QED) is 0.890. The maximum absolute atomic E-state index is 12.5. The zero-order valence-electron chi connectivity index (χ0n) is 12.8. The number of rotatable bonds is 5. The monoisotopic (exact) mass is 307 g/mol. The van der Waals surface area contributed by atoms with E-state index in [1.54, 1.807) is 0 Å². The molecule has 1 aromatic carbocycles. The zero-order chi connectivity index (χ0) is 15.6. The van der Waals surface area contributed by atoms with Gasteiger partial charge in [0.1, 0.15) is 5.82 Å². The summed E-state index contributed by atoms with van der Waals surface area (Å²) in [6.45, 7) is 7.89. The average molecular weight is 307 g/mol. The van der Waals surface area contributed by atoms with E-state index in [2.05, 4.69) is 14.7 Å². The molecule has 0 saturated heterocycles. The summed E-state index contributed by atoms with van der Waals surface area (Å²) in [5.74, 6) is 0.889. The third-order valence-electron chi connectivity index (χ3n) is 3.39. The number of benzene rings is 1. The Bertz CT molecular complexity index is 733. The fourth-order valence-corrected chi connectivity index (χ4v) is 3.26. The zero-order valence-corrected chi connectivity index (χ0v) is 13.6. The highest BCUT2D eigenvalue weighted by molar-refractivity contribution is 7.92. The van der Waals surface area contributed by atoms with Crippen LogP contribution < -0.4 is 4.72 Å². The van der Waals surface area contributed by atoms with Gasteiger partial charge in [-0.3, -0.25) is 4.72 Å². The molecule has 0 amide bonds. The molecule has 0 aliphatic heterocycles. The van der Waals surface area contributed by atoms with Crippen molar-refractivity contribution in [2.24, 2.45) is 0 Å². The first-order valence-corrected chi connectivity index (χ1v) is 8.49. The molecule has 0 saturated carbocycles. The van der Waals surface area contributed by atoms with E-state index >= 15 is 0 Å². The van der Waals surface area contributed by atoms with Crippen LogP contribution in [0.4, 0.5) is 5.69 Å². The Morgan fingerprint density at radius 2 is 2.05 bits per heavy atom. The van der Waals surface area contributed by atoms with E-state index in [-0.39, 0.29) is 10.9 Å². The maximum Gasteiger partial charge on any atom is 0.279 e. The topological polar surface area (TPSA) is 74.8 Å². The number of hydrogen-bond donors (Lipinski definition) is 2. The SMILES string of the molecule is CCc1ncc(S(=O)(=O)Nc2c(C)cccc2C(C)C)[nH]1. The molecule has 0 radical (unpaired) electrons. The number of anilines is 1. The number of nitrogens with zero attached hydrogens (tertiary/aromatic N) is 1. The van der Waals surface area contributed by atoms with E-state index in [1.807, 2.05) is 45.9 Å². The largest absolute Gasteiger partial charge is 0.332 e. The van der Waals surface area contributed by atoms with Gasteiger partial charge in [0, 0.05) is 6.42 Å². The summed E-state index contributed by atoms with van der Waals surface area (Å²) < 4.78 is 27.6. The summed E-state index contributed by atoms with van der Waals surface area (Å²) >= 11 is 0. The lowest BCUT2D eigenvalue weighted by Crippen LogP contribution is -2.16. The molecule has 0 unspecified atom stereocenters. The van der Waals surface area contributed by atoms with Crippen molar-refractivity contribution in [1.82, 2.24) is 9.97 Å². The van der Waals surface area contributed by atoms with E-state index < -0.39 is 10.0 Å². The van der Waals surface area contributed by atoms with Gasteiger partial charge in [-0.2, -0.15) is 8.42 Å². The van der Waals surface area contributed by atoms with Crippen molar-refractivity contribution in [2.75, 3.05) is 4.72 Å². The van der Waals surface area contributed by atoms with E-state index in [0.717, 1.165) is 11.1 Å². The van der Waals surface area contributed by atoms with Crippen molar-refractivity contribution in [3.05, 3.63) is 41.3 Å². The third kappa shape index (κ3) is 3.26. The number of aromatic nitrogens is 2. The molecule has 2 aromatic rings. The summed E-state index contributed by atoms with van der Waals surface area (Å²) in [6, 6.07) is 5.78. The molecule has 0 fully saturated rings. The van der Waals surface area contributed by atoms with E-state index in [9.17, 15) is 8.42 Å². The van der Waals surface area contributed by atoms with Crippen LogP contribution in [0, 0.1) is 6.92 Å². The third-order valence-corrected chi connectivity index (χ3v) is 4.65. The minimum absolute atomic E-state index is 0.0947. The number of H-pyrrole nitrogens is 1. The van der Waals surface area contributed by atoms with Crippen molar-refractivity contribution in [2.45, 2.75) is 45.1 Å². The van der Waals surface area contributed by atoms with Crippen molar-refractivity contribution in [1.29, 1.82) is 0 Å². The number of para-hydroxylation sites is 1. The Kier molecular flexibility index (Phi) is 4.37. The smallest absolute Gasteiger partial charge is 0.279 e. The number of aromatic amines is 1. The normalized spacial score (nSPS) is 11.9. The van der Waals surface area contributed by atoms with Crippen molar-refractivity contribution in [3.8, 4) is 0 Å². The Morgan fingerprint density at radius 3 is 2.62 bits per heavy atom. The second-order valence-electron chi connectivity index (χ2n) is 5.35. The first-order chi connectivity index (χ1) is 9.85. The predicted molar refractivity (Wildman–Crippen MR) is 84.0 cm³/mol. The highest BCUT2D eigenvalue weighted by Gasteiger charge is 2.20. The first-order valence-electron chi connectivity index (χ1n) is 7.01. The predicted octanol–water partition coefficient (Wildman–Crippen LogP) is 3.20. The summed E-state index contributed by atoms with van der Waals surface area (Å²) in [4.78, 5) is 6.88.